The highest BCUT2D eigenvalue weighted by Gasteiger charge is 2.38. The first-order valence-electron chi connectivity index (χ1n) is 5.32. The molecule has 0 heterocycles. The second-order valence-corrected chi connectivity index (χ2v) is 4.85. The summed E-state index contributed by atoms with van der Waals surface area (Å²) in [4.78, 5) is 21.6. The van der Waals surface area contributed by atoms with Gasteiger partial charge in [-0.2, -0.15) is 13.2 Å². The molecule has 0 aliphatic carbocycles. The highest BCUT2D eigenvalue weighted by Crippen LogP contribution is 2.21. The van der Waals surface area contributed by atoms with Crippen LogP contribution in [0.2, 0.25) is 0 Å². The van der Waals surface area contributed by atoms with Crippen molar-refractivity contribution in [2.24, 2.45) is 0 Å². The molecule has 0 atom stereocenters. The molecular weight excluding hydrogens is 277 g/mol. The van der Waals surface area contributed by atoms with Crippen LogP contribution in [0.3, 0.4) is 0 Å². The van der Waals surface area contributed by atoms with E-state index in [2.05, 4.69) is 0 Å². The minimum Gasteiger partial charge on any atom is -0.288 e. The standard InChI is InChI=1S/C13H11F3O2S/c1-9(17)19-8-2-3-10-4-6-11(7-5-10)12(18)13(14,15)16/h2-7H,8H2,1H3. The number of rotatable bonds is 4. The molecule has 1 aromatic rings. The van der Waals surface area contributed by atoms with Gasteiger partial charge in [-0.25, -0.2) is 0 Å². The van der Waals surface area contributed by atoms with Gasteiger partial charge in [0.2, 0.25) is 0 Å². The lowest BCUT2D eigenvalue weighted by Crippen LogP contribution is -2.22. The van der Waals surface area contributed by atoms with Gasteiger partial charge in [-0.15, -0.1) is 0 Å². The van der Waals surface area contributed by atoms with Crippen molar-refractivity contribution in [2.75, 3.05) is 5.75 Å². The van der Waals surface area contributed by atoms with Crippen LogP contribution >= 0.6 is 11.8 Å². The van der Waals surface area contributed by atoms with E-state index < -0.39 is 12.0 Å². The Morgan fingerprint density at radius 3 is 2.26 bits per heavy atom. The third-order valence-electron chi connectivity index (χ3n) is 2.12. The Morgan fingerprint density at radius 1 is 1.21 bits per heavy atom. The minimum atomic E-state index is -4.85. The Bertz CT molecular complexity index is 490. The molecule has 2 nitrogen and oxygen atoms in total. The maximum Gasteiger partial charge on any atom is 0.454 e. The first-order valence-corrected chi connectivity index (χ1v) is 6.31. The fourth-order valence-electron chi connectivity index (χ4n) is 1.26. The number of ketones is 1. The third-order valence-corrected chi connectivity index (χ3v) is 2.89. The first-order chi connectivity index (χ1) is 8.80. The topological polar surface area (TPSA) is 34.1 Å². The van der Waals surface area contributed by atoms with Crippen LogP contribution in [0.1, 0.15) is 22.8 Å². The zero-order chi connectivity index (χ0) is 14.5. The van der Waals surface area contributed by atoms with Gasteiger partial charge in [-0.05, 0) is 5.56 Å². The smallest absolute Gasteiger partial charge is 0.288 e. The molecule has 6 heteroatoms. The van der Waals surface area contributed by atoms with E-state index in [1.165, 1.54) is 19.1 Å². The number of hydrogen-bond acceptors (Lipinski definition) is 3. The van der Waals surface area contributed by atoms with E-state index in [0.717, 1.165) is 23.9 Å². The second-order valence-electron chi connectivity index (χ2n) is 3.65. The van der Waals surface area contributed by atoms with Gasteiger partial charge in [0.15, 0.2) is 5.12 Å². The summed E-state index contributed by atoms with van der Waals surface area (Å²) in [5.74, 6) is -1.35. The highest BCUT2D eigenvalue weighted by molar-refractivity contribution is 8.13. The molecule has 0 aromatic heterocycles. The fraction of sp³-hybridized carbons (Fsp3) is 0.231. The predicted octanol–water partition coefficient (Wildman–Crippen LogP) is 3.72. The molecule has 1 rings (SSSR count). The molecule has 0 saturated heterocycles. The third kappa shape index (κ3) is 5.30. The Balaban J connectivity index is 2.67. The van der Waals surface area contributed by atoms with E-state index in [1.807, 2.05) is 0 Å². The Kier molecular flexibility index (Phi) is 5.35. The number of halogens is 3. The molecule has 0 amide bonds. The first kappa shape index (κ1) is 15.5. The van der Waals surface area contributed by atoms with Crippen LogP contribution in [0.25, 0.3) is 6.08 Å². The van der Waals surface area contributed by atoms with Crippen LogP contribution < -0.4 is 0 Å². The molecule has 0 radical (unpaired) electrons. The van der Waals surface area contributed by atoms with E-state index in [0.29, 0.717) is 11.3 Å². The molecule has 0 fully saturated rings. The summed E-state index contributed by atoms with van der Waals surface area (Å²) in [6.45, 7) is 1.45. The van der Waals surface area contributed by atoms with Crippen molar-refractivity contribution >= 4 is 28.7 Å². The monoisotopic (exact) mass is 288 g/mol. The molecule has 102 valence electrons. The number of thioether (sulfide) groups is 1. The summed E-state index contributed by atoms with van der Waals surface area (Å²) in [7, 11) is 0. The van der Waals surface area contributed by atoms with Gasteiger partial charge >= 0.3 is 6.18 Å². The van der Waals surface area contributed by atoms with Crippen molar-refractivity contribution < 1.29 is 22.8 Å². The number of benzene rings is 1. The molecule has 0 spiro atoms. The lowest BCUT2D eigenvalue weighted by molar-refractivity contribution is -0.109. The van der Waals surface area contributed by atoms with Crippen LogP contribution in [0, 0.1) is 0 Å². The van der Waals surface area contributed by atoms with Gasteiger partial charge in [0.25, 0.3) is 5.78 Å². The van der Waals surface area contributed by atoms with E-state index in [9.17, 15) is 22.8 Å². The summed E-state index contributed by atoms with van der Waals surface area (Å²) < 4.78 is 36.5. The lowest BCUT2D eigenvalue weighted by atomic mass is 10.1. The average molecular weight is 288 g/mol. The number of alkyl halides is 3. The summed E-state index contributed by atoms with van der Waals surface area (Å²) in [6, 6.07) is 5.11. The van der Waals surface area contributed by atoms with Crippen molar-refractivity contribution in [1.82, 2.24) is 0 Å². The maximum atomic E-state index is 12.2. The SMILES string of the molecule is CC(=O)SCC=Cc1ccc(C(=O)C(F)(F)F)cc1. The molecular formula is C13H11F3O2S. The van der Waals surface area contributed by atoms with Crippen molar-refractivity contribution in [1.29, 1.82) is 0 Å². The van der Waals surface area contributed by atoms with Crippen LogP contribution in [-0.2, 0) is 4.79 Å². The summed E-state index contributed by atoms with van der Waals surface area (Å²) in [5.41, 5.74) is 0.283. The van der Waals surface area contributed by atoms with Gasteiger partial charge in [0, 0.05) is 18.2 Å². The number of Topliss-reactive ketones (excluding diaryl/α,β-unsaturated/α-hetero) is 1. The molecule has 1 aromatic carbocycles. The van der Waals surface area contributed by atoms with Crippen LogP contribution in [0.4, 0.5) is 13.2 Å². The van der Waals surface area contributed by atoms with Crippen LogP contribution in [-0.4, -0.2) is 22.8 Å². The maximum absolute atomic E-state index is 12.2. The molecule has 0 aliphatic heterocycles. The number of hydrogen-bond donors (Lipinski definition) is 0. The Labute approximate surface area is 112 Å². The second kappa shape index (κ2) is 6.56. The minimum absolute atomic E-state index is 0.00391. The van der Waals surface area contributed by atoms with E-state index in [4.69, 9.17) is 0 Å². The zero-order valence-electron chi connectivity index (χ0n) is 10.0. The quantitative estimate of drug-likeness (QED) is 0.792. The van der Waals surface area contributed by atoms with Gasteiger partial charge in [-0.3, -0.25) is 9.59 Å². The summed E-state index contributed by atoms with van der Waals surface area (Å²) >= 11 is 1.13. The van der Waals surface area contributed by atoms with Crippen molar-refractivity contribution in [3.8, 4) is 0 Å². The predicted molar refractivity (Wildman–Crippen MR) is 69.0 cm³/mol. The van der Waals surface area contributed by atoms with E-state index in [-0.39, 0.29) is 10.7 Å². The Morgan fingerprint density at radius 2 is 1.79 bits per heavy atom. The highest BCUT2D eigenvalue weighted by atomic mass is 32.2. The summed E-state index contributed by atoms with van der Waals surface area (Å²) in [5, 5.41) is -0.00391. The lowest BCUT2D eigenvalue weighted by Gasteiger charge is -2.04. The van der Waals surface area contributed by atoms with Gasteiger partial charge in [0.1, 0.15) is 0 Å². The van der Waals surface area contributed by atoms with Gasteiger partial charge in [0.05, 0.1) is 0 Å². The Hall–Kier alpha value is -1.56. The molecule has 0 bridgehead atoms. The van der Waals surface area contributed by atoms with Crippen LogP contribution in [0.5, 0.6) is 0 Å². The van der Waals surface area contributed by atoms with Crippen molar-refractivity contribution in [2.45, 2.75) is 13.1 Å². The summed E-state index contributed by atoms with van der Waals surface area (Å²) in [6.07, 6.45) is -1.44. The average Bonchev–Trinajstić information content (AvgIpc) is 2.33. The van der Waals surface area contributed by atoms with E-state index >= 15 is 0 Å². The van der Waals surface area contributed by atoms with Gasteiger partial charge in [-0.1, -0.05) is 48.2 Å². The number of carbonyl (C=O) groups is 2. The molecule has 0 N–H and O–H groups in total. The molecule has 0 aliphatic rings. The molecule has 0 unspecified atom stereocenters. The van der Waals surface area contributed by atoms with Crippen molar-refractivity contribution in [3.05, 3.63) is 41.5 Å². The molecule has 0 saturated carbocycles. The van der Waals surface area contributed by atoms with Crippen LogP contribution in [0.15, 0.2) is 30.3 Å². The van der Waals surface area contributed by atoms with E-state index in [1.54, 1.807) is 12.2 Å². The van der Waals surface area contributed by atoms with Gasteiger partial charge < -0.3 is 0 Å². The largest absolute Gasteiger partial charge is 0.454 e. The fourth-order valence-corrected chi connectivity index (χ4v) is 1.69. The normalized spacial score (nSPS) is 11.8. The van der Waals surface area contributed by atoms with Crippen molar-refractivity contribution in [3.63, 3.8) is 0 Å². The zero-order valence-corrected chi connectivity index (χ0v) is 10.8. The molecule has 19 heavy (non-hydrogen) atoms. The number of carbonyl (C=O) groups excluding carboxylic acids is 2.